The van der Waals surface area contributed by atoms with E-state index in [0.29, 0.717) is 11.8 Å². The lowest BCUT2D eigenvalue weighted by Crippen LogP contribution is -2.31. The van der Waals surface area contributed by atoms with Crippen LogP contribution in [0.5, 0.6) is 0 Å². The molecule has 3 aromatic rings. The van der Waals surface area contributed by atoms with Crippen LogP contribution >= 0.6 is 0 Å². The fourth-order valence-electron chi connectivity index (χ4n) is 6.31. The molecule has 3 aromatic carbocycles. The molecule has 3 aliphatic carbocycles. The largest absolute Gasteiger partial charge is 0.351 e. The summed E-state index contributed by atoms with van der Waals surface area (Å²) in [5.41, 5.74) is 11.1. The van der Waals surface area contributed by atoms with Gasteiger partial charge in [0.25, 0.3) is 0 Å². The van der Waals surface area contributed by atoms with E-state index in [4.69, 9.17) is 4.74 Å². The van der Waals surface area contributed by atoms with Crippen LogP contribution in [-0.2, 0) is 15.9 Å². The Morgan fingerprint density at radius 2 is 1.19 bits per heavy atom. The first kappa shape index (κ1) is 14.4. The minimum atomic E-state index is -0.309. The highest BCUT2D eigenvalue weighted by molar-refractivity contribution is 5.72. The molecule has 2 aliphatic heterocycles. The number of fused-ring (bicyclic) bond motifs is 5. The Morgan fingerprint density at radius 1 is 0.630 bits per heavy atom. The van der Waals surface area contributed by atoms with Crippen molar-refractivity contribution in [2.75, 3.05) is 0 Å². The van der Waals surface area contributed by atoms with E-state index in [2.05, 4.69) is 86.7 Å². The van der Waals surface area contributed by atoms with Crippen LogP contribution in [0.25, 0.3) is 0 Å². The lowest BCUT2D eigenvalue weighted by Gasteiger charge is -2.44. The fourth-order valence-corrected chi connectivity index (χ4v) is 6.31. The molecule has 0 amide bonds. The Labute approximate surface area is 159 Å². The van der Waals surface area contributed by atoms with Crippen LogP contribution in [0.1, 0.15) is 70.2 Å². The van der Waals surface area contributed by atoms with Crippen molar-refractivity contribution in [1.82, 2.24) is 0 Å². The summed E-state index contributed by atoms with van der Waals surface area (Å²) in [7, 11) is 0. The first-order valence-corrected chi connectivity index (χ1v) is 9.87. The first-order valence-electron chi connectivity index (χ1n) is 9.87. The molecule has 0 spiro atoms. The molecule has 130 valence electrons. The smallest absolute Gasteiger partial charge is 0.111 e. The van der Waals surface area contributed by atoms with E-state index < -0.39 is 0 Å². The molecule has 0 saturated heterocycles. The predicted molar refractivity (Wildman–Crippen MR) is 106 cm³/mol. The number of rotatable bonds is 0. The number of hydrogen-bond acceptors (Lipinski definition) is 1. The highest BCUT2D eigenvalue weighted by atomic mass is 16.5. The Hall–Kier alpha value is -2.64. The third kappa shape index (κ3) is 1.46. The van der Waals surface area contributed by atoms with Crippen molar-refractivity contribution in [3.05, 3.63) is 117 Å². The molecule has 1 nitrogen and oxygen atoms in total. The molecule has 4 bridgehead atoms. The summed E-state index contributed by atoms with van der Waals surface area (Å²) in [6.45, 7) is 4.44. The first-order chi connectivity index (χ1) is 13.1. The van der Waals surface area contributed by atoms with Crippen LogP contribution in [0.2, 0.25) is 0 Å². The van der Waals surface area contributed by atoms with Gasteiger partial charge < -0.3 is 4.74 Å². The van der Waals surface area contributed by atoms with Crippen molar-refractivity contribution < 1.29 is 4.74 Å². The normalized spacial score (nSPS) is 32.8. The lowest BCUT2D eigenvalue weighted by molar-refractivity contribution is -0.0497. The molecule has 0 fully saturated rings. The van der Waals surface area contributed by atoms with E-state index >= 15 is 0 Å². The number of hydrogen-bond donors (Lipinski definition) is 0. The summed E-state index contributed by atoms with van der Waals surface area (Å²) < 4.78 is 6.56. The van der Waals surface area contributed by atoms with Crippen molar-refractivity contribution in [2.24, 2.45) is 0 Å². The second-order valence-electron chi connectivity index (χ2n) is 8.76. The van der Waals surface area contributed by atoms with Gasteiger partial charge >= 0.3 is 0 Å². The molecule has 0 saturated carbocycles. The van der Waals surface area contributed by atoms with Crippen LogP contribution in [0.4, 0.5) is 0 Å². The molecule has 0 radical (unpaired) electrons. The van der Waals surface area contributed by atoms with Gasteiger partial charge in [-0.05, 0) is 70.5 Å². The number of ether oxygens (including phenoxy) is 1. The topological polar surface area (TPSA) is 9.23 Å². The van der Waals surface area contributed by atoms with Crippen LogP contribution in [0.3, 0.4) is 0 Å². The van der Waals surface area contributed by atoms with Crippen molar-refractivity contribution in [1.29, 1.82) is 0 Å². The summed E-state index contributed by atoms with van der Waals surface area (Å²) in [5.74, 6) is 0.645. The average molecular weight is 348 g/mol. The quantitative estimate of drug-likeness (QED) is 0.326. The summed E-state index contributed by atoms with van der Waals surface area (Å²) in [6.07, 6.45) is 4.51. The maximum absolute atomic E-state index is 6.56. The monoisotopic (exact) mass is 348 g/mol. The molecule has 2 unspecified atom stereocenters. The van der Waals surface area contributed by atoms with Gasteiger partial charge in [0.2, 0.25) is 0 Å². The maximum Gasteiger partial charge on any atom is 0.111 e. The summed E-state index contributed by atoms with van der Waals surface area (Å²) in [4.78, 5) is 0. The zero-order valence-corrected chi connectivity index (χ0v) is 15.5. The summed E-state index contributed by atoms with van der Waals surface area (Å²) in [6, 6.07) is 22.8. The average Bonchev–Trinajstić information content (AvgIpc) is 3.14. The molecular weight excluding hydrogens is 328 g/mol. The summed E-state index contributed by atoms with van der Waals surface area (Å²) >= 11 is 0. The van der Waals surface area contributed by atoms with Crippen molar-refractivity contribution >= 4 is 0 Å². The SMILES string of the molecule is CC12C=CC(C)(O1)c1c2ccc2c1C1c3ccccc3C2c2ccccc21. The molecule has 0 N–H and O–H groups in total. The van der Waals surface area contributed by atoms with E-state index in [0.717, 1.165) is 0 Å². The summed E-state index contributed by atoms with van der Waals surface area (Å²) in [5, 5.41) is 0. The van der Waals surface area contributed by atoms with Gasteiger partial charge in [-0.3, -0.25) is 0 Å². The predicted octanol–water partition coefficient (Wildman–Crippen LogP) is 5.70. The fraction of sp³-hybridized carbons (Fsp3) is 0.231. The van der Waals surface area contributed by atoms with Gasteiger partial charge in [0, 0.05) is 11.8 Å². The van der Waals surface area contributed by atoms with Crippen molar-refractivity contribution in [3.63, 3.8) is 0 Å². The highest BCUT2D eigenvalue weighted by Gasteiger charge is 2.55. The molecule has 8 rings (SSSR count). The van der Waals surface area contributed by atoms with E-state index in [1.165, 1.54) is 44.5 Å². The Bertz CT molecular complexity index is 1160. The molecular formula is C26H20O. The molecule has 1 heteroatoms. The Kier molecular flexibility index (Phi) is 2.28. The zero-order valence-electron chi connectivity index (χ0n) is 15.5. The van der Waals surface area contributed by atoms with Gasteiger partial charge in [-0.15, -0.1) is 0 Å². The van der Waals surface area contributed by atoms with E-state index in [9.17, 15) is 0 Å². The maximum atomic E-state index is 6.56. The van der Waals surface area contributed by atoms with Crippen LogP contribution in [0, 0.1) is 0 Å². The second-order valence-corrected chi connectivity index (χ2v) is 8.76. The van der Waals surface area contributed by atoms with Gasteiger partial charge in [0.1, 0.15) is 11.2 Å². The molecule has 2 heterocycles. The van der Waals surface area contributed by atoms with Crippen LogP contribution < -0.4 is 0 Å². The van der Waals surface area contributed by atoms with E-state index in [-0.39, 0.29) is 11.2 Å². The molecule has 27 heavy (non-hydrogen) atoms. The molecule has 0 aromatic heterocycles. The highest BCUT2D eigenvalue weighted by Crippen LogP contribution is 2.62. The number of benzene rings is 3. The van der Waals surface area contributed by atoms with Gasteiger partial charge in [-0.2, -0.15) is 0 Å². The standard InChI is InChI=1S/C26H20O/c1-25-13-14-26(2,27-25)24-20(25)12-11-19-21-15-7-3-5-9-17(15)22(23(19)24)18-10-6-4-8-16(18)21/h3-14,21-22H,1-2H3. The van der Waals surface area contributed by atoms with Crippen molar-refractivity contribution in [3.8, 4) is 0 Å². The molecule has 5 aliphatic rings. The third-order valence-corrected chi connectivity index (χ3v) is 7.29. The van der Waals surface area contributed by atoms with Crippen LogP contribution in [-0.4, -0.2) is 0 Å². The van der Waals surface area contributed by atoms with E-state index in [1.54, 1.807) is 0 Å². The van der Waals surface area contributed by atoms with Gasteiger partial charge in [-0.1, -0.05) is 60.7 Å². The molecule has 2 atom stereocenters. The minimum absolute atomic E-state index is 0.283. The lowest BCUT2D eigenvalue weighted by atomic mass is 9.58. The van der Waals surface area contributed by atoms with Gasteiger partial charge in [-0.25, -0.2) is 0 Å². The third-order valence-electron chi connectivity index (χ3n) is 7.29. The minimum Gasteiger partial charge on any atom is -0.351 e. The second kappa shape index (κ2) is 4.26. The van der Waals surface area contributed by atoms with Crippen LogP contribution in [0.15, 0.2) is 72.8 Å². The van der Waals surface area contributed by atoms with E-state index in [1.807, 2.05) is 0 Å². The Morgan fingerprint density at radius 3 is 1.81 bits per heavy atom. The van der Waals surface area contributed by atoms with Gasteiger partial charge in [0.15, 0.2) is 0 Å². The van der Waals surface area contributed by atoms with Crippen molar-refractivity contribution in [2.45, 2.75) is 36.9 Å². The Balaban J connectivity index is 1.63. The van der Waals surface area contributed by atoms with Gasteiger partial charge in [0.05, 0.1) is 0 Å². The zero-order chi connectivity index (χ0) is 18.0.